The lowest BCUT2D eigenvalue weighted by Crippen LogP contribution is -2.28. The van der Waals surface area contributed by atoms with E-state index in [2.05, 4.69) is 9.71 Å². The van der Waals surface area contributed by atoms with Gasteiger partial charge in [-0.3, -0.25) is 24.0 Å². The molecular weight excluding hydrogens is 380 g/mol. The number of hydrogen-bond donors (Lipinski definition) is 2. The zero-order valence-electron chi connectivity index (χ0n) is 13.3. The SMILES string of the molecule is NC(=O)Cc1csc(NS(=O)(=O)c2ccc(N3C(=O)CCC3=O)cc2)n1. The van der Waals surface area contributed by atoms with Crippen molar-refractivity contribution in [3.05, 3.63) is 35.3 Å². The van der Waals surface area contributed by atoms with Gasteiger partial charge in [-0.2, -0.15) is 0 Å². The van der Waals surface area contributed by atoms with Crippen LogP contribution in [0.25, 0.3) is 0 Å². The fraction of sp³-hybridized carbons (Fsp3) is 0.200. The fourth-order valence-corrected chi connectivity index (χ4v) is 4.39. The molecule has 11 heteroatoms. The Morgan fingerprint density at radius 2 is 1.81 bits per heavy atom. The van der Waals surface area contributed by atoms with Crippen LogP contribution in [0.15, 0.2) is 34.5 Å². The number of amides is 3. The minimum atomic E-state index is -3.90. The zero-order valence-corrected chi connectivity index (χ0v) is 15.0. The molecule has 0 saturated carbocycles. The van der Waals surface area contributed by atoms with E-state index in [0.717, 1.165) is 16.2 Å². The molecule has 0 bridgehead atoms. The molecule has 1 saturated heterocycles. The van der Waals surface area contributed by atoms with Crippen molar-refractivity contribution in [2.45, 2.75) is 24.2 Å². The lowest BCUT2D eigenvalue weighted by atomic mass is 10.3. The van der Waals surface area contributed by atoms with Crippen molar-refractivity contribution < 1.29 is 22.8 Å². The average Bonchev–Trinajstić information content (AvgIpc) is 3.13. The van der Waals surface area contributed by atoms with Gasteiger partial charge in [-0.15, -0.1) is 11.3 Å². The second-order valence-electron chi connectivity index (χ2n) is 5.51. The van der Waals surface area contributed by atoms with Gasteiger partial charge < -0.3 is 5.73 Å². The first-order valence-electron chi connectivity index (χ1n) is 7.47. The molecule has 1 fully saturated rings. The van der Waals surface area contributed by atoms with Gasteiger partial charge in [0.15, 0.2) is 5.13 Å². The third-order valence-electron chi connectivity index (χ3n) is 3.59. The van der Waals surface area contributed by atoms with Crippen molar-refractivity contribution in [2.75, 3.05) is 9.62 Å². The highest BCUT2D eigenvalue weighted by molar-refractivity contribution is 7.93. The number of rotatable bonds is 6. The van der Waals surface area contributed by atoms with Crippen LogP contribution in [0.3, 0.4) is 0 Å². The molecule has 26 heavy (non-hydrogen) atoms. The minimum absolute atomic E-state index is 0.0491. The zero-order chi connectivity index (χ0) is 18.9. The van der Waals surface area contributed by atoms with E-state index < -0.39 is 15.9 Å². The van der Waals surface area contributed by atoms with Crippen LogP contribution in [0.1, 0.15) is 18.5 Å². The Bertz CT molecular complexity index is 966. The molecule has 0 spiro atoms. The molecule has 3 amide bonds. The van der Waals surface area contributed by atoms with Crippen molar-refractivity contribution in [3.63, 3.8) is 0 Å². The van der Waals surface area contributed by atoms with E-state index in [1.807, 2.05) is 0 Å². The molecule has 1 aliphatic heterocycles. The van der Waals surface area contributed by atoms with Crippen molar-refractivity contribution in [1.82, 2.24) is 4.98 Å². The van der Waals surface area contributed by atoms with Gasteiger partial charge in [0.1, 0.15) is 0 Å². The number of aromatic nitrogens is 1. The molecule has 136 valence electrons. The number of carbonyl (C=O) groups excluding carboxylic acids is 3. The highest BCUT2D eigenvalue weighted by Gasteiger charge is 2.30. The van der Waals surface area contributed by atoms with Gasteiger partial charge in [0.25, 0.3) is 10.0 Å². The van der Waals surface area contributed by atoms with E-state index in [1.165, 1.54) is 29.6 Å². The first-order chi connectivity index (χ1) is 12.3. The molecule has 3 N–H and O–H groups in total. The van der Waals surface area contributed by atoms with Crippen LogP contribution in [-0.2, 0) is 30.8 Å². The molecule has 0 aliphatic carbocycles. The van der Waals surface area contributed by atoms with Crippen LogP contribution in [0.5, 0.6) is 0 Å². The van der Waals surface area contributed by atoms with Gasteiger partial charge in [-0.1, -0.05) is 0 Å². The maximum absolute atomic E-state index is 12.4. The molecule has 9 nitrogen and oxygen atoms in total. The molecule has 1 aliphatic rings. The number of primary amides is 1. The summed E-state index contributed by atoms with van der Waals surface area (Å²) in [6.07, 6.45) is 0.223. The molecule has 0 radical (unpaired) electrons. The average molecular weight is 394 g/mol. The topological polar surface area (TPSA) is 140 Å². The van der Waals surface area contributed by atoms with Gasteiger partial charge in [0.2, 0.25) is 17.7 Å². The van der Waals surface area contributed by atoms with E-state index >= 15 is 0 Å². The van der Waals surface area contributed by atoms with Crippen molar-refractivity contribution in [1.29, 1.82) is 0 Å². The molecule has 3 rings (SSSR count). The second kappa shape index (κ2) is 6.84. The minimum Gasteiger partial charge on any atom is -0.369 e. The normalized spacial score (nSPS) is 14.7. The molecule has 0 unspecified atom stereocenters. The van der Waals surface area contributed by atoms with Crippen LogP contribution in [0.4, 0.5) is 10.8 Å². The standard InChI is InChI=1S/C15H14N4O5S2/c16-12(20)7-9-8-25-15(17-9)18-26(23,24)11-3-1-10(2-4-11)19-13(21)5-6-14(19)22/h1-4,8H,5-7H2,(H2,16,20)(H,17,18). The Morgan fingerprint density at radius 3 is 2.38 bits per heavy atom. The van der Waals surface area contributed by atoms with Gasteiger partial charge >= 0.3 is 0 Å². The van der Waals surface area contributed by atoms with E-state index in [1.54, 1.807) is 0 Å². The highest BCUT2D eigenvalue weighted by atomic mass is 32.2. The van der Waals surface area contributed by atoms with Crippen LogP contribution in [0, 0.1) is 0 Å². The van der Waals surface area contributed by atoms with Gasteiger partial charge in [0.05, 0.1) is 22.7 Å². The molecular formula is C15H14N4O5S2. The Kier molecular flexibility index (Phi) is 4.74. The van der Waals surface area contributed by atoms with Gasteiger partial charge in [-0.25, -0.2) is 13.4 Å². The number of imide groups is 1. The first-order valence-corrected chi connectivity index (χ1v) is 9.84. The summed E-state index contributed by atoms with van der Waals surface area (Å²) in [5.74, 6) is -1.19. The summed E-state index contributed by atoms with van der Waals surface area (Å²) in [6.45, 7) is 0. The number of sulfonamides is 1. The smallest absolute Gasteiger partial charge is 0.263 e. The molecule has 1 aromatic heterocycles. The second-order valence-corrected chi connectivity index (χ2v) is 8.05. The monoisotopic (exact) mass is 394 g/mol. The summed E-state index contributed by atoms with van der Waals surface area (Å²) in [7, 11) is -3.90. The predicted octanol–water partition coefficient (Wildman–Crippen LogP) is 0.625. The third kappa shape index (κ3) is 3.73. The van der Waals surface area contributed by atoms with Crippen LogP contribution < -0.4 is 15.4 Å². The van der Waals surface area contributed by atoms with Gasteiger partial charge in [-0.05, 0) is 24.3 Å². The summed E-state index contributed by atoms with van der Waals surface area (Å²) in [4.78, 5) is 39.3. The number of carbonyl (C=O) groups is 3. The number of nitrogens with one attached hydrogen (secondary N) is 1. The maximum Gasteiger partial charge on any atom is 0.263 e. The van der Waals surface area contributed by atoms with E-state index in [4.69, 9.17) is 5.73 Å². The van der Waals surface area contributed by atoms with Crippen molar-refractivity contribution in [2.24, 2.45) is 5.73 Å². The molecule has 2 heterocycles. The third-order valence-corrected chi connectivity index (χ3v) is 5.88. The quantitative estimate of drug-likeness (QED) is 0.689. The summed E-state index contributed by atoms with van der Waals surface area (Å²) >= 11 is 1.03. The van der Waals surface area contributed by atoms with Crippen molar-refractivity contribution in [3.8, 4) is 0 Å². The lowest BCUT2D eigenvalue weighted by Gasteiger charge is -2.14. The van der Waals surface area contributed by atoms with Crippen molar-refractivity contribution >= 4 is 49.9 Å². The largest absolute Gasteiger partial charge is 0.369 e. The first kappa shape index (κ1) is 18.0. The van der Waals surface area contributed by atoms with E-state index in [9.17, 15) is 22.8 Å². The molecule has 2 aromatic rings. The Hall–Kier alpha value is -2.79. The summed E-state index contributed by atoms with van der Waals surface area (Å²) in [5, 5.41) is 1.64. The highest BCUT2D eigenvalue weighted by Crippen LogP contribution is 2.25. The van der Waals surface area contributed by atoms with E-state index in [0.29, 0.717) is 11.4 Å². The summed E-state index contributed by atoms with van der Waals surface area (Å²) in [5.41, 5.74) is 5.78. The summed E-state index contributed by atoms with van der Waals surface area (Å²) in [6, 6.07) is 5.40. The number of nitrogens with zero attached hydrogens (tertiary/aromatic N) is 2. The van der Waals surface area contributed by atoms with Gasteiger partial charge in [0, 0.05) is 18.2 Å². The Balaban J connectivity index is 1.77. The van der Waals surface area contributed by atoms with Crippen LogP contribution in [0.2, 0.25) is 0 Å². The van der Waals surface area contributed by atoms with Crippen LogP contribution >= 0.6 is 11.3 Å². The number of anilines is 2. The number of thiazole rings is 1. The lowest BCUT2D eigenvalue weighted by molar-refractivity contribution is -0.121. The summed E-state index contributed by atoms with van der Waals surface area (Å²) < 4.78 is 27.1. The number of hydrogen-bond acceptors (Lipinski definition) is 7. The fourth-order valence-electron chi connectivity index (χ4n) is 2.43. The molecule has 1 aromatic carbocycles. The predicted molar refractivity (Wildman–Crippen MR) is 94.0 cm³/mol. The maximum atomic E-state index is 12.4. The Labute approximate surface area is 152 Å². The van der Waals surface area contributed by atoms with Crippen LogP contribution in [-0.4, -0.2) is 31.1 Å². The Morgan fingerprint density at radius 1 is 1.19 bits per heavy atom. The number of nitrogens with two attached hydrogens (primary N) is 1. The molecule has 0 atom stereocenters. The van der Waals surface area contributed by atoms with E-state index in [-0.39, 0.29) is 41.1 Å². The number of benzene rings is 1.